The van der Waals surface area contributed by atoms with Gasteiger partial charge in [0.15, 0.2) is 11.5 Å². The SMILES string of the molecule is O=C(O)C(F)(F)F.O=S(=O)(C1CN(CCOc2ccc3c(c2)OCO3)C1)N1CCNCC1. The summed E-state index contributed by atoms with van der Waals surface area (Å²) in [6, 6.07) is 5.49. The molecule has 32 heavy (non-hydrogen) atoms. The Balaban J connectivity index is 0.000000360. The maximum absolute atomic E-state index is 12.5. The van der Waals surface area contributed by atoms with Crippen molar-refractivity contribution in [3.05, 3.63) is 18.2 Å². The third-order valence-corrected chi connectivity index (χ3v) is 7.27. The molecule has 0 atom stereocenters. The predicted molar refractivity (Wildman–Crippen MR) is 105 cm³/mol. The van der Waals surface area contributed by atoms with Crippen LogP contribution in [0.5, 0.6) is 17.2 Å². The molecule has 0 unspecified atom stereocenters. The van der Waals surface area contributed by atoms with Gasteiger partial charge in [0.2, 0.25) is 16.8 Å². The van der Waals surface area contributed by atoms with Gasteiger partial charge >= 0.3 is 12.1 Å². The second-order valence-corrected chi connectivity index (χ2v) is 9.46. The number of fused-ring (bicyclic) bond motifs is 1. The highest BCUT2D eigenvalue weighted by Crippen LogP contribution is 2.35. The van der Waals surface area contributed by atoms with Crippen LogP contribution in [0.4, 0.5) is 13.2 Å². The highest BCUT2D eigenvalue weighted by Gasteiger charge is 2.41. The molecule has 2 fully saturated rings. The van der Waals surface area contributed by atoms with Crippen molar-refractivity contribution in [1.82, 2.24) is 14.5 Å². The number of halogens is 3. The molecule has 3 aliphatic rings. The van der Waals surface area contributed by atoms with E-state index in [1.165, 1.54) is 0 Å². The minimum Gasteiger partial charge on any atom is -0.492 e. The van der Waals surface area contributed by atoms with Gasteiger partial charge in [-0.3, -0.25) is 4.90 Å². The van der Waals surface area contributed by atoms with E-state index in [-0.39, 0.29) is 12.0 Å². The second-order valence-electron chi connectivity index (χ2n) is 7.24. The molecule has 0 bridgehead atoms. The van der Waals surface area contributed by atoms with Gasteiger partial charge in [0.25, 0.3) is 0 Å². The van der Waals surface area contributed by atoms with Crippen molar-refractivity contribution in [2.24, 2.45) is 0 Å². The Hall–Kier alpha value is -2.29. The molecule has 1 aromatic carbocycles. The quantitative estimate of drug-likeness (QED) is 0.591. The van der Waals surface area contributed by atoms with Crippen LogP contribution in [0, 0.1) is 0 Å². The second kappa shape index (κ2) is 10.1. The number of nitrogens with one attached hydrogen (secondary N) is 1. The first-order chi connectivity index (χ1) is 15.1. The fraction of sp³-hybridized carbons (Fsp3) is 0.611. The number of sulfonamides is 1. The number of hydrogen-bond donors (Lipinski definition) is 2. The van der Waals surface area contributed by atoms with Gasteiger partial charge in [0.05, 0.1) is 0 Å². The molecule has 2 N–H and O–H groups in total. The average molecular weight is 483 g/mol. The maximum Gasteiger partial charge on any atom is 0.490 e. The standard InChI is InChI=1S/C16H23N3O5S.C2HF3O2/c20-25(21,19-5-3-17-4-6-19)14-10-18(11-14)7-8-22-13-1-2-15-16(9-13)24-12-23-15;3-2(4,5)1(6)7/h1-2,9,14,17H,3-8,10-12H2;(H,6,7). The molecule has 0 radical (unpaired) electrons. The molecule has 2 saturated heterocycles. The molecule has 0 aromatic heterocycles. The summed E-state index contributed by atoms with van der Waals surface area (Å²) in [6.45, 7) is 5.25. The van der Waals surface area contributed by atoms with Gasteiger partial charge in [-0.1, -0.05) is 0 Å². The van der Waals surface area contributed by atoms with Crippen LogP contribution in [0.25, 0.3) is 0 Å². The van der Waals surface area contributed by atoms with Gasteiger partial charge in [-0.15, -0.1) is 0 Å². The van der Waals surface area contributed by atoms with E-state index in [1.807, 2.05) is 18.2 Å². The zero-order chi connectivity index (χ0) is 23.4. The fourth-order valence-electron chi connectivity index (χ4n) is 3.26. The first-order valence-electron chi connectivity index (χ1n) is 9.82. The van der Waals surface area contributed by atoms with Crippen LogP contribution >= 0.6 is 0 Å². The Morgan fingerprint density at radius 3 is 2.44 bits per heavy atom. The Labute approximate surface area is 182 Å². The van der Waals surface area contributed by atoms with Gasteiger partial charge in [0.1, 0.15) is 17.6 Å². The summed E-state index contributed by atoms with van der Waals surface area (Å²) in [5.41, 5.74) is 0. The van der Waals surface area contributed by atoms with Crippen LogP contribution < -0.4 is 19.5 Å². The number of rotatable bonds is 6. The van der Waals surface area contributed by atoms with Crippen LogP contribution in [-0.2, 0) is 14.8 Å². The molecule has 180 valence electrons. The molecule has 0 saturated carbocycles. The van der Waals surface area contributed by atoms with Gasteiger partial charge < -0.3 is 24.6 Å². The summed E-state index contributed by atoms with van der Waals surface area (Å²) >= 11 is 0. The van der Waals surface area contributed by atoms with Crippen molar-refractivity contribution in [1.29, 1.82) is 0 Å². The number of hydrogen-bond acceptors (Lipinski definition) is 8. The highest BCUT2D eigenvalue weighted by molar-refractivity contribution is 7.89. The van der Waals surface area contributed by atoms with Crippen LogP contribution in [0.3, 0.4) is 0 Å². The minimum atomic E-state index is -5.08. The smallest absolute Gasteiger partial charge is 0.490 e. The summed E-state index contributed by atoms with van der Waals surface area (Å²) in [5.74, 6) is -0.595. The van der Waals surface area contributed by atoms with E-state index in [0.29, 0.717) is 45.1 Å². The molecule has 0 spiro atoms. The fourth-order valence-corrected chi connectivity index (χ4v) is 5.17. The monoisotopic (exact) mass is 483 g/mol. The first kappa shape index (κ1) is 24.4. The first-order valence-corrected chi connectivity index (χ1v) is 11.3. The van der Waals surface area contributed by atoms with E-state index in [1.54, 1.807) is 4.31 Å². The van der Waals surface area contributed by atoms with Crippen molar-refractivity contribution in [3.8, 4) is 17.2 Å². The number of carboxylic acids is 1. The van der Waals surface area contributed by atoms with Gasteiger partial charge in [-0.2, -0.15) is 17.5 Å². The summed E-state index contributed by atoms with van der Waals surface area (Å²) < 4.78 is 74.7. The lowest BCUT2D eigenvalue weighted by atomic mass is 10.2. The summed E-state index contributed by atoms with van der Waals surface area (Å²) in [4.78, 5) is 11.0. The number of benzene rings is 1. The number of nitrogens with zero attached hydrogens (tertiary/aromatic N) is 2. The molecule has 3 aliphatic heterocycles. The Kier molecular flexibility index (Phi) is 7.69. The zero-order valence-electron chi connectivity index (χ0n) is 17.0. The molecule has 0 amide bonds. The lowest BCUT2D eigenvalue weighted by Gasteiger charge is -2.41. The van der Waals surface area contributed by atoms with E-state index in [2.05, 4.69) is 10.2 Å². The third-order valence-electron chi connectivity index (χ3n) is 5.04. The number of alkyl halides is 3. The molecule has 3 heterocycles. The van der Waals surface area contributed by atoms with Gasteiger partial charge in [0, 0.05) is 51.9 Å². The molecule has 14 heteroatoms. The van der Waals surface area contributed by atoms with Crippen LogP contribution in [0.15, 0.2) is 18.2 Å². The highest BCUT2D eigenvalue weighted by atomic mass is 32.2. The molecular formula is C18H24F3N3O7S. The van der Waals surface area contributed by atoms with Gasteiger partial charge in [-0.05, 0) is 12.1 Å². The largest absolute Gasteiger partial charge is 0.492 e. The molecule has 10 nitrogen and oxygen atoms in total. The minimum absolute atomic E-state index is 0.246. The maximum atomic E-state index is 12.5. The third kappa shape index (κ3) is 6.15. The lowest BCUT2D eigenvalue weighted by molar-refractivity contribution is -0.192. The molecule has 0 aliphatic carbocycles. The van der Waals surface area contributed by atoms with Crippen molar-refractivity contribution < 1.29 is 45.7 Å². The number of aliphatic carboxylic acids is 1. The van der Waals surface area contributed by atoms with Gasteiger partial charge in [-0.25, -0.2) is 13.2 Å². The van der Waals surface area contributed by atoms with Crippen molar-refractivity contribution >= 4 is 16.0 Å². The average Bonchev–Trinajstić information content (AvgIpc) is 3.18. The van der Waals surface area contributed by atoms with Crippen molar-refractivity contribution in [3.63, 3.8) is 0 Å². The van der Waals surface area contributed by atoms with E-state index < -0.39 is 22.2 Å². The normalized spacial score (nSPS) is 19.6. The number of piperazine rings is 1. The number of carbonyl (C=O) groups is 1. The van der Waals surface area contributed by atoms with Crippen molar-refractivity contribution in [2.45, 2.75) is 11.4 Å². The Morgan fingerprint density at radius 2 is 1.81 bits per heavy atom. The Morgan fingerprint density at radius 1 is 1.19 bits per heavy atom. The summed E-state index contributed by atoms with van der Waals surface area (Å²) in [5, 5.41) is 10.0. The number of carboxylic acid groups (broad SMARTS) is 1. The van der Waals surface area contributed by atoms with E-state index in [0.717, 1.165) is 24.6 Å². The van der Waals surface area contributed by atoms with Crippen molar-refractivity contribution in [2.75, 3.05) is 59.2 Å². The summed E-state index contributed by atoms with van der Waals surface area (Å²) in [6.07, 6.45) is -5.08. The predicted octanol–water partition coefficient (Wildman–Crippen LogP) is 0.347. The topological polar surface area (TPSA) is 118 Å². The lowest BCUT2D eigenvalue weighted by Crippen LogP contribution is -2.60. The molecule has 1 aromatic rings. The van der Waals surface area contributed by atoms with Crippen LogP contribution in [-0.4, -0.2) is 99.3 Å². The van der Waals surface area contributed by atoms with E-state index >= 15 is 0 Å². The van der Waals surface area contributed by atoms with E-state index in [9.17, 15) is 21.6 Å². The van der Waals surface area contributed by atoms with E-state index in [4.69, 9.17) is 24.1 Å². The molecule has 4 rings (SSSR count). The van der Waals surface area contributed by atoms with Crippen LogP contribution in [0.1, 0.15) is 0 Å². The van der Waals surface area contributed by atoms with Crippen LogP contribution in [0.2, 0.25) is 0 Å². The summed E-state index contributed by atoms with van der Waals surface area (Å²) in [7, 11) is -3.16. The molecular weight excluding hydrogens is 459 g/mol. The Bertz CT molecular complexity index is 902. The zero-order valence-corrected chi connectivity index (χ0v) is 17.8. The number of ether oxygens (including phenoxy) is 3. The number of likely N-dealkylation sites (tertiary alicyclic amines) is 1.